The molecule has 2 fully saturated rings. The van der Waals surface area contributed by atoms with Crippen LogP contribution < -0.4 is 0 Å². The molecule has 0 unspecified atom stereocenters. The van der Waals surface area contributed by atoms with E-state index >= 15 is 0 Å². The molecular formula is C11H13NO. The highest BCUT2D eigenvalue weighted by atomic mass is 16.5. The quantitative estimate of drug-likeness (QED) is 0.652. The number of nitrogens with zero attached hydrogens (tertiary/aromatic N) is 1. The summed E-state index contributed by atoms with van der Waals surface area (Å²) in [5.41, 5.74) is 1.22. The van der Waals surface area contributed by atoms with E-state index in [1.807, 2.05) is 12.3 Å². The van der Waals surface area contributed by atoms with E-state index in [1.54, 1.807) is 0 Å². The van der Waals surface area contributed by atoms with E-state index in [0.29, 0.717) is 18.1 Å². The van der Waals surface area contributed by atoms with Crippen LogP contribution in [-0.2, 0) is 4.74 Å². The van der Waals surface area contributed by atoms with Gasteiger partial charge in [0.15, 0.2) is 0 Å². The van der Waals surface area contributed by atoms with E-state index < -0.39 is 0 Å². The van der Waals surface area contributed by atoms with Crippen molar-refractivity contribution in [3.05, 3.63) is 30.1 Å². The maximum Gasteiger partial charge on any atom is 0.0664 e. The molecule has 2 saturated heterocycles. The van der Waals surface area contributed by atoms with Crippen molar-refractivity contribution >= 4 is 0 Å². The first kappa shape index (κ1) is 7.51. The summed E-state index contributed by atoms with van der Waals surface area (Å²) >= 11 is 0. The van der Waals surface area contributed by atoms with Crippen LogP contribution in [0.3, 0.4) is 0 Å². The summed E-state index contributed by atoms with van der Waals surface area (Å²) in [6.07, 6.45) is 6.53. The third-order valence-electron chi connectivity index (χ3n) is 3.17. The zero-order valence-electron chi connectivity index (χ0n) is 7.52. The summed E-state index contributed by atoms with van der Waals surface area (Å²) in [5, 5.41) is 0. The number of rotatable bonds is 1. The molecule has 2 aliphatic rings. The summed E-state index contributed by atoms with van der Waals surface area (Å²) in [4.78, 5) is 4.40. The highest BCUT2D eigenvalue weighted by molar-refractivity contribution is 5.15. The predicted octanol–water partition coefficient (Wildman–Crippen LogP) is 2.12. The van der Waals surface area contributed by atoms with Gasteiger partial charge in [-0.25, -0.2) is 0 Å². The SMILES string of the molecule is c1ccc([C@H]2C[C@@H]3CC[C@H]2O3)nc1. The molecule has 0 saturated carbocycles. The molecule has 2 aliphatic heterocycles. The zero-order valence-corrected chi connectivity index (χ0v) is 7.52. The smallest absolute Gasteiger partial charge is 0.0664 e. The third-order valence-corrected chi connectivity index (χ3v) is 3.17. The summed E-state index contributed by atoms with van der Waals surface area (Å²) in [7, 11) is 0. The van der Waals surface area contributed by atoms with Crippen molar-refractivity contribution in [2.75, 3.05) is 0 Å². The Bertz CT molecular complexity index is 298. The van der Waals surface area contributed by atoms with Crippen LogP contribution in [0.5, 0.6) is 0 Å². The Balaban J connectivity index is 1.87. The molecule has 3 atom stereocenters. The fourth-order valence-corrected chi connectivity index (χ4v) is 2.54. The Kier molecular flexibility index (Phi) is 1.62. The van der Waals surface area contributed by atoms with Crippen molar-refractivity contribution < 1.29 is 4.74 Å². The van der Waals surface area contributed by atoms with Crippen molar-refractivity contribution in [3.8, 4) is 0 Å². The van der Waals surface area contributed by atoms with E-state index in [-0.39, 0.29) is 0 Å². The van der Waals surface area contributed by atoms with Gasteiger partial charge in [0.05, 0.1) is 12.2 Å². The number of ether oxygens (including phenoxy) is 1. The average molecular weight is 175 g/mol. The van der Waals surface area contributed by atoms with E-state index in [0.717, 1.165) is 0 Å². The van der Waals surface area contributed by atoms with Crippen molar-refractivity contribution in [3.63, 3.8) is 0 Å². The molecule has 68 valence electrons. The Morgan fingerprint density at radius 1 is 1.31 bits per heavy atom. The van der Waals surface area contributed by atoms with Crippen LogP contribution in [0.1, 0.15) is 30.9 Å². The molecule has 0 aliphatic carbocycles. The lowest BCUT2D eigenvalue weighted by molar-refractivity contribution is 0.100. The van der Waals surface area contributed by atoms with Crippen LogP contribution in [-0.4, -0.2) is 17.2 Å². The Morgan fingerprint density at radius 3 is 2.92 bits per heavy atom. The van der Waals surface area contributed by atoms with Crippen LogP contribution >= 0.6 is 0 Å². The first-order valence-corrected chi connectivity index (χ1v) is 5.00. The lowest BCUT2D eigenvalue weighted by Crippen LogP contribution is -2.15. The molecule has 3 heterocycles. The van der Waals surface area contributed by atoms with E-state index in [4.69, 9.17) is 4.74 Å². The first-order valence-electron chi connectivity index (χ1n) is 5.00. The van der Waals surface area contributed by atoms with Gasteiger partial charge in [0.2, 0.25) is 0 Å². The number of hydrogen-bond donors (Lipinski definition) is 0. The number of fused-ring (bicyclic) bond motifs is 2. The van der Waals surface area contributed by atoms with Crippen molar-refractivity contribution in [1.29, 1.82) is 0 Å². The van der Waals surface area contributed by atoms with Gasteiger partial charge in [-0.2, -0.15) is 0 Å². The minimum atomic E-state index is 0.458. The molecule has 3 rings (SSSR count). The monoisotopic (exact) mass is 175 g/mol. The molecular weight excluding hydrogens is 162 g/mol. The summed E-state index contributed by atoms with van der Waals surface area (Å²) in [6, 6.07) is 6.15. The van der Waals surface area contributed by atoms with Gasteiger partial charge in [0.1, 0.15) is 0 Å². The largest absolute Gasteiger partial charge is 0.374 e. The molecule has 0 amide bonds. The van der Waals surface area contributed by atoms with Crippen LogP contribution in [0.4, 0.5) is 0 Å². The first-order chi connectivity index (χ1) is 6.43. The minimum absolute atomic E-state index is 0.458. The maximum atomic E-state index is 5.80. The van der Waals surface area contributed by atoms with Crippen molar-refractivity contribution in [2.45, 2.75) is 37.4 Å². The third kappa shape index (κ3) is 1.17. The molecule has 1 aromatic heterocycles. The summed E-state index contributed by atoms with van der Waals surface area (Å²) in [6.45, 7) is 0. The molecule has 0 N–H and O–H groups in total. The molecule has 0 aromatic carbocycles. The Morgan fingerprint density at radius 2 is 2.31 bits per heavy atom. The number of aromatic nitrogens is 1. The van der Waals surface area contributed by atoms with Gasteiger partial charge < -0.3 is 4.74 Å². The van der Waals surface area contributed by atoms with E-state index in [9.17, 15) is 0 Å². The second-order valence-corrected chi connectivity index (χ2v) is 3.97. The lowest BCUT2D eigenvalue weighted by Gasteiger charge is -2.17. The van der Waals surface area contributed by atoms with Gasteiger partial charge in [-0.3, -0.25) is 4.98 Å². The summed E-state index contributed by atoms with van der Waals surface area (Å²) < 4.78 is 5.80. The molecule has 0 spiro atoms. The fraction of sp³-hybridized carbons (Fsp3) is 0.545. The van der Waals surface area contributed by atoms with Gasteiger partial charge in [-0.1, -0.05) is 6.07 Å². The minimum Gasteiger partial charge on any atom is -0.374 e. The molecule has 2 nitrogen and oxygen atoms in total. The Labute approximate surface area is 77.9 Å². The molecule has 2 bridgehead atoms. The lowest BCUT2D eigenvalue weighted by atomic mass is 9.87. The summed E-state index contributed by atoms with van der Waals surface area (Å²) in [5.74, 6) is 0.569. The highest BCUT2D eigenvalue weighted by Gasteiger charge is 2.41. The number of pyridine rings is 1. The topological polar surface area (TPSA) is 22.1 Å². The van der Waals surface area contributed by atoms with E-state index in [2.05, 4.69) is 17.1 Å². The number of hydrogen-bond acceptors (Lipinski definition) is 2. The van der Waals surface area contributed by atoms with Crippen molar-refractivity contribution in [2.24, 2.45) is 0 Å². The van der Waals surface area contributed by atoms with Crippen molar-refractivity contribution in [1.82, 2.24) is 4.98 Å². The molecule has 1 aromatic rings. The van der Waals surface area contributed by atoms with E-state index in [1.165, 1.54) is 25.0 Å². The standard InChI is InChI=1S/C11H13NO/c1-2-6-12-10(3-1)9-7-8-4-5-11(9)13-8/h1-3,6,8-9,11H,4-5,7H2/t8-,9+,11+/m0/s1. The average Bonchev–Trinajstić information content (AvgIpc) is 2.80. The van der Waals surface area contributed by atoms with Gasteiger partial charge in [-0.15, -0.1) is 0 Å². The van der Waals surface area contributed by atoms with Gasteiger partial charge in [0.25, 0.3) is 0 Å². The van der Waals surface area contributed by atoms with Gasteiger partial charge >= 0.3 is 0 Å². The van der Waals surface area contributed by atoms with Crippen LogP contribution in [0.15, 0.2) is 24.4 Å². The van der Waals surface area contributed by atoms with Crippen LogP contribution in [0.25, 0.3) is 0 Å². The molecule has 0 radical (unpaired) electrons. The maximum absolute atomic E-state index is 5.80. The Hall–Kier alpha value is -0.890. The second-order valence-electron chi connectivity index (χ2n) is 3.97. The second kappa shape index (κ2) is 2.81. The molecule has 2 heteroatoms. The molecule has 13 heavy (non-hydrogen) atoms. The predicted molar refractivity (Wildman–Crippen MR) is 49.5 cm³/mol. The normalized spacial score (nSPS) is 36.8. The van der Waals surface area contributed by atoms with Gasteiger partial charge in [-0.05, 0) is 31.4 Å². The fourth-order valence-electron chi connectivity index (χ4n) is 2.54. The highest BCUT2D eigenvalue weighted by Crippen LogP contribution is 2.43. The zero-order chi connectivity index (χ0) is 8.67. The van der Waals surface area contributed by atoms with Crippen LogP contribution in [0.2, 0.25) is 0 Å². The van der Waals surface area contributed by atoms with Crippen LogP contribution in [0, 0.1) is 0 Å². The van der Waals surface area contributed by atoms with Gasteiger partial charge in [0, 0.05) is 17.8 Å².